The van der Waals surface area contributed by atoms with Crippen LogP contribution in [0.3, 0.4) is 0 Å². The third-order valence-electron chi connectivity index (χ3n) is 4.79. The van der Waals surface area contributed by atoms with Gasteiger partial charge in [-0.15, -0.1) is 0 Å². The van der Waals surface area contributed by atoms with Gasteiger partial charge in [-0.05, 0) is 44.6 Å². The van der Waals surface area contributed by atoms with Crippen LogP contribution >= 0.6 is 0 Å². The Morgan fingerprint density at radius 3 is 2.64 bits per heavy atom. The quantitative estimate of drug-likeness (QED) is 0.750. The zero-order valence-corrected chi connectivity index (χ0v) is 13.4. The molecule has 3 aliphatic rings. The van der Waals surface area contributed by atoms with E-state index in [0.29, 0.717) is 6.54 Å². The summed E-state index contributed by atoms with van der Waals surface area (Å²) in [6, 6.07) is 0. The molecule has 22 heavy (non-hydrogen) atoms. The Bertz CT molecular complexity index is 387. The van der Waals surface area contributed by atoms with Crippen molar-refractivity contribution in [3.05, 3.63) is 12.3 Å². The van der Waals surface area contributed by atoms with Gasteiger partial charge >= 0.3 is 0 Å². The van der Waals surface area contributed by atoms with Crippen LogP contribution in [0.25, 0.3) is 0 Å². The molecule has 0 bridgehead atoms. The largest absolute Gasteiger partial charge is 0.497 e. The van der Waals surface area contributed by atoms with Crippen molar-refractivity contribution in [2.75, 3.05) is 39.3 Å². The molecule has 0 N–H and O–H groups in total. The second-order valence-electron chi connectivity index (χ2n) is 6.62. The van der Waals surface area contributed by atoms with Crippen LogP contribution in [0.1, 0.15) is 38.5 Å². The van der Waals surface area contributed by atoms with Gasteiger partial charge in [-0.25, -0.2) is 0 Å². The predicted molar refractivity (Wildman–Crippen MR) is 84.5 cm³/mol. The van der Waals surface area contributed by atoms with Crippen LogP contribution in [0.4, 0.5) is 0 Å². The molecule has 124 valence electrons. The molecule has 3 heterocycles. The van der Waals surface area contributed by atoms with Gasteiger partial charge in [0.05, 0.1) is 18.9 Å². The molecular formula is C17H28N2O3. The van der Waals surface area contributed by atoms with Gasteiger partial charge in [-0.2, -0.15) is 0 Å². The normalized spacial score (nSPS) is 28.3. The van der Waals surface area contributed by atoms with Crippen LogP contribution < -0.4 is 0 Å². The summed E-state index contributed by atoms with van der Waals surface area (Å²) in [6.45, 7) is 4.89. The highest BCUT2D eigenvalue weighted by Crippen LogP contribution is 2.17. The van der Waals surface area contributed by atoms with E-state index in [4.69, 9.17) is 9.47 Å². The van der Waals surface area contributed by atoms with Gasteiger partial charge < -0.3 is 14.4 Å². The molecule has 2 saturated heterocycles. The van der Waals surface area contributed by atoms with E-state index in [1.165, 1.54) is 0 Å². The summed E-state index contributed by atoms with van der Waals surface area (Å²) in [5.41, 5.74) is 0. The highest BCUT2D eigenvalue weighted by atomic mass is 16.5. The molecule has 0 radical (unpaired) electrons. The fourth-order valence-corrected chi connectivity index (χ4v) is 3.54. The average Bonchev–Trinajstić information content (AvgIpc) is 3.21. The highest BCUT2D eigenvalue weighted by molar-refractivity contribution is 5.78. The van der Waals surface area contributed by atoms with E-state index < -0.39 is 0 Å². The predicted octanol–water partition coefficient (Wildman–Crippen LogP) is 1.78. The number of carbonyl (C=O) groups is 1. The Morgan fingerprint density at radius 2 is 1.95 bits per heavy atom. The number of carbonyl (C=O) groups excluding carboxylic acids is 1. The first-order valence-electron chi connectivity index (χ1n) is 8.73. The highest BCUT2D eigenvalue weighted by Gasteiger charge is 2.26. The number of amides is 1. The molecule has 0 aliphatic carbocycles. The standard InChI is InChI=1S/C17H28N2O3/c20-17(19-8-2-3-9-19)14-18(13-16-7-5-11-22-16)12-15-6-1-4-10-21-15/h4,10,15-16H,1-3,5-9,11-14H2/t15-,16+/m0/s1. The van der Waals surface area contributed by atoms with Crippen LogP contribution in [0.2, 0.25) is 0 Å². The molecule has 0 spiro atoms. The maximum Gasteiger partial charge on any atom is 0.236 e. The minimum absolute atomic E-state index is 0.206. The van der Waals surface area contributed by atoms with Gasteiger partial charge in [0.1, 0.15) is 6.10 Å². The molecule has 0 saturated carbocycles. The average molecular weight is 308 g/mol. The number of allylic oxidation sites excluding steroid dienone is 1. The molecule has 3 aliphatic heterocycles. The molecule has 2 atom stereocenters. The fraction of sp³-hybridized carbons (Fsp3) is 0.824. The zero-order chi connectivity index (χ0) is 15.2. The van der Waals surface area contributed by atoms with Crippen LogP contribution in [0, 0.1) is 0 Å². The SMILES string of the molecule is O=C(CN(C[C@@H]1CCC=CO1)C[C@H]1CCCO1)N1CCCC1. The van der Waals surface area contributed by atoms with Crippen molar-refractivity contribution in [1.82, 2.24) is 9.80 Å². The van der Waals surface area contributed by atoms with Gasteiger partial charge in [-0.1, -0.05) is 0 Å². The van der Waals surface area contributed by atoms with Crippen molar-refractivity contribution in [2.45, 2.75) is 50.7 Å². The fourth-order valence-electron chi connectivity index (χ4n) is 3.54. The van der Waals surface area contributed by atoms with E-state index in [-0.39, 0.29) is 18.1 Å². The molecule has 0 unspecified atom stereocenters. The Balaban J connectivity index is 1.54. The molecule has 0 aromatic carbocycles. The van der Waals surface area contributed by atoms with Crippen molar-refractivity contribution in [3.63, 3.8) is 0 Å². The Morgan fingerprint density at radius 1 is 1.14 bits per heavy atom. The van der Waals surface area contributed by atoms with Crippen molar-refractivity contribution < 1.29 is 14.3 Å². The molecule has 1 amide bonds. The first-order valence-corrected chi connectivity index (χ1v) is 8.73. The van der Waals surface area contributed by atoms with Gasteiger partial charge in [-0.3, -0.25) is 9.69 Å². The summed E-state index contributed by atoms with van der Waals surface area (Å²) in [5, 5.41) is 0. The molecular weight excluding hydrogens is 280 g/mol. The van der Waals surface area contributed by atoms with Gasteiger partial charge in [0.25, 0.3) is 0 Å². The number of hydrogen-bond acceptors (Lipinski definition) is 4. The Hall–Kier alpha value is -1.07. The van der Waals surface area contributed by atoms with E-state index in [9.17, 15) is 4.79 Å². The lowest BCUT2D eigenvalue weighted by Gasteiger charge is -2.30. The maximum absolute atomic E-state index is 12.5. The summed E-state index contributed by atoms with van der Waals surface area (Å²) in [6.07, 6.45) is 11.0. The molecule has 2 fully saturated rings. The van der Waals surface area contributed by atoms with Gasteiger partial charge in [0.2, 0.25) is 5.91 Å². The second kappa shape index (κ2) is 7.97. The summed E-state index contributed by atoms with van der Waals surface area (Å²) >= 11 is 0. The minimum atomic E-state index is 0.206. The first kappa shape index (κ1) is 15.8. The monoisotopic (exact) mass is 308 g/mol. The third kappa shape index (κ3) is 4.46. The lowest BCUT2D eigenvalue weighted by atomic mass is 10.1. The summed E-state index contributed by atoms with van der Waals surface area (Å²) in [5.74, 6) is 0.266. The van der Waals surface area contributed by atoms with E-state index in [0.717, 1.165) is 71.3 Å². The van der Waals surface area contributed by atoms with Crippen LogP contribution in [-0.4, -0.2) is 67.2 Å². The molecule has 5 nitrogen and oxygen atoms in total. The van der Waals surface area contributed by atoms with Crippen molar-refractivity contribution in [3.8, 4) is 0 Å². The second-order valence-corrected chi connectivity index (χ2v) is 6.62. The third-order valence-corrected chi connectivity index (χ3v) is 4.79. The lowest BCUT2D eigenvalue weighted by molar-refractivity contribution is -0.132. The van der Waals surface area contributed by atoms with Crippen molar-refractivity contribution in [2.24, 2.45) is 0 Å². The number of nitrogens with zero attached hydrogens (tertiary/aromatic N) is 2. The van der Waals surface area contributed by atoms with E-state index in [2.05, 4.69) is 11.0 Å². The van der Waals surface area contributed by atoms with Crippen LogP contribution in [-0.2, 0) is 14.3 Å². The summed E-state index contributed by atoms with van der Waals surface area (Å²) in [4.78, 5) is 16.7. The maximum atomic E-state index is 12.5. The lowest BCUT2D eigenvalue weighted by Crippen LogP contribution is -2.45. The molecule has 3 rings (SSSR count). The van der Waals surface area contributed by atoms with Crippen LogP contribution in [0.5, 0.6) is 0 Å². The van der Waals surface area contributed by atoms with Crippen LogP contribution in [0.15, 0.2) is 12.3 Å². The summed E-state index contributed by atoms with van der Waals surface area (Å²) < 4.78 is 11.5. The minimum Gasteiger partial charge on any atom is -0.497 e. The Kier molecular flexibility index (Phi) is 5.73. The molecule has 5 heteroatoms. The van der Waals surface area contributed by atoms with Crippen molar-refractivity contribution >= 4 is 5.91 Å². The number of rotatable bonds is 6. The van der Waals surface area contributed by atoms with E-state index in [1.54, 1.807) is 6.26 Å². The Labute approximate surface area is 133 Å². The number of ether oxygens (including phenoxy) is 2. The topological polar surface area (TPSA) is 42.0 Å². The van der Waals surface area contributed by atoms with E-state index >= 15 is 0 Å². The first-order chi connectivity index (χ1) is 10.8. The molecule has 0 aromatic rings. The molecule has 0 aromatic heterocycles. The van der Waals surface area contributed by atoms with E-state index in [1.807, 2.05) is 4.90 Å². The number of likely N-dealkylation sites (tertiary alicyclic amines) is 1. The number of hydrogen-bond donors (Lipinski definition) is 0. The summed E-state index contributed by atoms with van der Waals surface area (Å²) in [7, 11) is 0. The van der Waals surface area contributed by atoms with Gasteiger partial charge in [0.15, 0.2) is 0 Å². The smallest absolute Gasteiger partial charge is 0.236 e. The zero-order valence-electron chi connectivity index (χ0n) is 13.4. The van der Waals surface area contributed by atoms with Crippen molar-refractivity contribution in [1.29, 1.82) is 0 Å². The van der Waals surface area contributed by atoms with Gasteiger partial charge in [0, 0.05) is 32.8 Å².